The van der Waals surface area contributed by atoms with E-state index in [1.54, 1.807) is 24.2 Å². The second-order valence-corrected chi connectivity index (χ2v) is 2.90. The quantitative estimate of drug-likeness (QED) is 0.562. The van der Waals surface area contributed by atoms with Crippen LogP contribution in [-0.2, 0) is 6.42 Å². The zero-order valence-corrected chi connectivity index (χ0v) is 6.14. The smallest absolute Gasteiger partial charge is 0.122 e. The molecule has 50 valence electrons. The van der Waals surface area contributed by atoms with E-state index in [4.69, 9.17) is 0 Å². The highest BCUT2D eigenvalue weighted by molar-refractivity contribution is 8.02. The van der Waals surface area contributed by atoms with Crippen molar-refractivity contribution in [1.29, 1.82) is 0 Å². The van der Waals surface area contributed by atoms with Gasteiger partial charge in [0.1, 0.15) is 5.03 Å². The van der Waals surface area contributed by atoms with E-state index in [1.807, 2.05) is 0 Å². The van der Waals surface area contributed by atoms with Crippen LogP contribution in [0.1, 0.15) is 5.69 Å². The molecule has 0 fully saturated rings. The maximum atomic E-state index is 4.18. The fourth-order valence-electron chi connectivity index (χ4n) is 0.865. The van der Waals surface area contributed by atoms with E-state index in [0.717, 1.165) is 17.1 Å². The minimum Gasteiger partial charge on any atom is -0.257 e. The molecule has 1 aliphatic heterocycles. The average molecular weight is 150 g/mol. The summed E-state index contributed by atoms with van der Waals surface area (Å²) in [5, 5.41) is 3.10. The Morgan fingerprint density at radius 1 is 1.30 bits per heavy atom. The number of thioether (sulfide) groups is 1. The highest BCUT2D eigenvalue weighted by Gasteiger charge is 2.05. The summed E-state index contributed by atoms with van der Waals surface area (Å²) in [5.41, 5.74) is 1.09. The Morgan fingerprint density at radius 2 is 2.20 bits per heavy atom. The molecule has 2 heterocycles. The summed E-state index contributed by atoms with van der Waals surface area (Å²) in [6, 6.07) is 0. The lowest BCUT2D eigenvalue weighted by atomic mass is 10.3. The summed E-state index contributed by atoms with van der Waals surface area (Å²) in [4.78, 5) is 8.35. The first-order chi connectivity index (χ1) is 4.97. The van der Waals surface area contributed by atoms with Crippen LogP contribution >= 0.6 is 11.8 Å². The molecular formula is C7H6N2S. The molecule has 0 unspecified atom stereocenters. The van der Waals surface area contributed by atoms with Gasteiger partial charge in [0.25, 0.3) is 0 Å². The Morgan fingerprint density at radius 3 is 3.10 bits per heavy atom. The van der Waals surface area contributed by atoms with E-state index in [9.17, 15) is 0 Å². The number of hydrogen-bond donors (Lipinski definition) is 0. The molecule has 0 amide bonds. The molecule has 0 N–H and O–H groups in total. The van der Waals surface area contributed by atoms with Gasteiger partial charge in [-0.15, -0.1) is 0 Å². The van der Waals surface area contributed by atoms with Gasteiger partial charge >= 0.3 is 0 Å². The fraction of sp³-hybridized carbons (Fsp3) is 0.143. The minimum atomic E-state index is 0.927. The van der Waals surface area contributed by atoms with Crippen LogP contribution in [0.15, 0.2) is 28.9 Å². The Hall–Kier alpha value is -0.830. The first-order valence-electron chi connectivity index (χ1n) is 3.08. The SMILES string of the molecule is C1=CSc2nccnc2C1. The second kappa shape index (κ2) is 2.42. The molecule has 0 saturated carbocycles. The van der Waals surface area contributed by atoms with Crippen molar-refractivity contribution in [1.82, 2.24) is 9.97 Å². The van der Waals surface area contributed by atoms with Crippen molar-refractivity contribution in [3.63, 3.8) is 0 Å². The van der Waals surface area contributed by atoms with Crippen LogP contribution in [0.4, 0.5) is 0 Å². The molecule has 2 rings (SSSR count). The number of nitrogens with zero attached hydrogens (tertiary/aromatic N) is 2. The van der Waals surface area contributed by atoms with E-state index < -0.39 is 0 Å². The molecule has 1 aromatic heterocycles. The zero-order valence-electron chi connectivity index (χ0n) is 5.32. The standard InChI is InChI=1S/C7H6N2S/c1-2-6-7(10-5-1)9-4-3-8-6/h1,3-5H,2H2. The zero-order chi connectivity index (χ0) is 6.81. The van der Waals surface area contributed by atoms with Crippen molar-refractivity contribution in [3.05, 3.63) is 29.6 Å². The molecular weight excluding hydrogens is 144 g/mol. The number of fused-ring (bicyclic) bond motifs is 1. The first-order valence-corrected chi connectivity index (χ1v) is 3.96. The Kier molecular flexibility index (Phi) is 1.43. The summed E-state index contributed by atoms with van der Waals surface area (Å²) < 4.78 is 0. The van der Waals surface area contributed by atoms with Gasteiger partial charge in [0, 0.05) is 18.8 Å². The largest absolute Gasteiger partial charge is 0.257 e. The molecule has 10 heavy (non-hydrogen) atoms. The summed E-state index contributed by atoms with van der Waals surface area (Å²) in [7, 11) is 0. The summed E-state index contributed by atoms with van der Waals surface area (Å²) >= 11 is 1.63. The number of aromatic nitrogens is 2. The number of rotatable bonds is 0. The lowest BCUT2D eigenvalue weighted by Gasteiger charge is -2.05. The summed E-state index contributed by atoms with van der Waals surface area (Å²) in [5.74, 6) is 0. The molecule has 0 radical (unpaired) electrons. The highest BCUT2D eigenvalue weighted by atomic mass is 32.2. The average Bonchev–Trinajstić information content (AvgIpc) is 2.05. The van der Waals surface area contributed by atoms with E-state index in [-0.39, 0.29) is 0 Å². The van der Waals surface area contributed by atoms with E-state index in [0.29, 0.717) is 0 Å². The van der Waals surface area contributed by atoms with Crippen molar-refractivity contribution in [2.24, 2.45) is 0 Å². The number of allylic oxidation sites excluding steroid dienone is 1. The van der Waals surface area contributed by atoms with Gasteiger partial charge in [-0.05, 0) is 5.41 Å². The molecule has 0 aromatic carbocycles. The monoisotopic (exact) mass is 150 g/mol. The molecule has 0 bridgehead atoms. The van der Waals surface area contributed by atoms with Crippen LogP contribution in [0.25, 0.3) is 0 Å². The molecule has 0 aliphatic carbocycles. The summed E-state index contributed by atoms with van der Waals surface area (Å²) in [6.07, 6.45) is 6.49. The van der Waals surface area contributed by atoms with Gasteiger partial charge in [-0.2, -0.15) is 0 Å². The normalized spacial score (nSPS) is 14.8. The molecule has 0 saturated heterocycles. The predicted molar refractivity (Wildman–Crippen MR) is 40.7 cm³/mol. The van der Waals surface area contributed by atoms with Crippen molar-refractivity contribution in [2.75, 3.05) is 0 Å². The maximum Gasteiger partial charge on any atom is 0.122 e. The third kappa shape index (κ3) is 0.926. The van der Waals surface area contributed by atoms with Gasteiger partial charge in [-0.25, -0.2) is 4.98 Å². The molecule has 1 aliphatic rings. The van der Waals surface area contributed by atoms with Crippen LogP contribution in [0.3, 0.4) is 0 Å². The lowest BCUT2D eigenvalue weighted by molar-refractivity contribution is 0.942. The van der Waals surface area contributed by atoms with Gasteiger partial charge in [-0.3, -0.25) is 4.98 Å². The van der Waals surface area contributed by atoms with Crippen LogP contribution < -0.4 is 0 Å². The van der Waals surface area contributed by atoms with Gasteiger partial charge < -0.3 is 0 Å². The Bertz CT molecular complexity index is 243. The topological polar surface area (TPSA) is 25.8 Å². The van der Waals surface area contributed by atoms with Gasteiger partial charge in [-0.1, -0.05) is 17.8 Å². The predicted octanol–water partition coefficient (Wildman–Crippen LogP) is 1.64. The molecule has 1 aromatic rings. The van der Waals surface area contributed by atoms with E-state index in [1.165, 1.54) is 0 Å². The van der Waals surface area contributed by atoms with Crippen molar-refractivity contribution >= 4 is 11.8 Å². The van der Waals surface area contributed by atoms with Crippen molar-refractivity contribution in [2.45, 2.75) is 11.4 Å². The van der Waals surface area contributed by atoms with Gasteiger partial charge in [0.05, 0.1) is 5.69 Å². The first kappa shape index (κ1) is 5.92. The van der Waals surface area contributed by atoms with Gasteiger partial charge in [0.2, 0.25) is 0 Å². The number of hydrogen-bond acceptors (Lipinski definition) is 3. The Labute approximate surface area is 63.4 Å². The van der Waals surface area contributed by atoms with E-state index >= 15 is 0 Å². The van der Waals surface area contributed by atoms with Crippen LogP contribution in [0.2, 0.25) is 0 Å². The second-order valence-electron chi connectivity index (χ2n) is 2.00. The molecule has 3 heteroatoms. The van der Waals surface area contributed by atoms with E-state index in [2.05, 4.69) is 21.5 Å². The molecule has 0 atom stereocenters. The highest BCUT2D eigenvalue weighted by Crippen LogP contribution is 2.23. The van der Waals surface area contributed by atoms with Crippen LogP contribution in [0, 0.1) is 0 Å². The van der Waals surface area contributed by atoms with Crippen molar-refractivity contribution in [3.8, 4) is 0 Å². The third-order valence-corrected chi connectivity index (χ3v) is 2.22. The van der Waals surface area contributed by atoms with Crippen LogP contribution in [-0.4, -0.2) is 9.97 Å². The molecule has 0 spiro atoms. The fourth-order valence-corrected chi connectivity index (χ4v) is 1.58. The van der Waals surface area contributed by atoms with Crippen LogP contribution in [0.5, 0.6) is 0 Å². The lowest BCUT2D eigenvalue weighted by Crippen LogP contribution is -1.95. The molecule has 2 nitrogen and oxygen atoms in total. The van der Waals surface area contributed by atoms with Gasteiger partial charge in [0.15, 0.2) is 0 Å². The Balaban J connectivity index is 2.47. The van der Waals surface area contributed by atoms with Crippen molar-refractivity contribution < 1.29 is 0 Å². The minimum absolute atomic E-state index is 0.927. The summed E-state index contributed by atoms with van der Waals surface area (Å²) in [6.45, 7) is 0. The third-order valence-electron chi connectivity index (χ3n) is 1.32. The maximum absolute atomic E-state index is 4.18.